The van der Waals surface area contributed by atoms with Crippen LogP contribution >= 0.6 is 11.6 Å². The van der Waals surface area contributed by atoms with Gasteiger partial charge >= 0.3 is 0 Å². The maximum Gasteiger partial charge on any atom is 0.228 e. The molecule has 1 aromatic heterocycles. The summed E-state index contributed by atoms with van der Waals surface area (Å²) in [5.41, 5.74) is 0. The fraction of sp³-hybridized carbons (Fsp3) is 0.769. The highest BCUT2D eigenvalue weighted by atomic mass is 35.5. The largest absolute Gasteiger partial charge is 0.373 e. The number of aromatic nitrogens is 3. The van der Waals surface area contributed by atoms with E-state index in [1.54, 1.807) is 0 Å². The summed E-state index contributed by atoms with van der Waals surface area (Å²) < 4.78 is 5.90. The number of anilines is 2. The quantitative estimate of drug-likeness (QED) is 0.847. The Balaban J connectivity index is 1.55. The molecule has 2 atom stereocenters. The van der Waals surface area contributed by atoms with Crippen molar-refractivity contribution in [1.29, 1.82) is 0 Å². The van der Waals surface area contributed by atoms with Crippen LogP contribution in [0.15, 0.2) is 0 Å². The molecule has 0 bridgehead atoms. The van der Waals surface area contributed by atoms with Crippen LogP contribution in [0.5, 0.6) is 0 Å². The Bertz CT molecular complexity index is 488. The first-order chi connectivity index (χ1) is 10.2. The second kappa shape index (κ2) is 6.72. The van der Waals surface area contributed by atoms with Crippen molar-refractivity contribution in [3.05, 3.63) is 5.28 Å². The summed E-state index contributed by atoms with van der Waals surface area (Å²) in [4.78, 5) is 14.9. The topological polar surface area (TPSA) is 75.2 Å². The first-order valence-corrected chi connectivity index (χ1v) is 7.87. The summed E-state index contributed by atoms with van der Waals surface area (Å²) >= 11 is 5.90. The Morgan fingerprint density at radius 2 is 2.10 bits per heavy atom. The van der Waals surface area contributed by atoms with Gasteiger partial charge in [0, 0.05) is 25.7 Å². The molecule has 2 fully saturated rings. The third kappa shape index (κ3) is 3.72. The number of hydrogen-bond donors (Lipinski definition) is 2. The minimum absolute atomic E-state index is 0.164. The van der Waals surface area contributed by atoms with Gasteiger partial charge in [0.25, 0.3) is 0 Å². The number of rotatable bonds is 5. The molecule has 0 amide bonds. The van der Waals surface area contributed by atoms with Gasteiger partial charge in [0.1, 0.15) is 0 Å². The second-order valence-electron chi connectivity index (χ2n) is 5.41. The Kier molecular flexibility index (Phi) is 4.72. The highest BCUT2D eigenvalue weighted by Crippen LogP contribution is 2.22. The number of morpholine rings is 1. The molecule has 7 nitrogen and oxygen atoms in total. The van der Waals surface area contributed by atoms with E-state index in [1.807, 2.05) is 6.92 Å². The van der Waals surface area contributed by atoms with Crippen LogP contribution in [0.25, 0.3) is 0 Å². The minimum Gasteiger partial charge on any atom is -0.373 e. The molecule has 0 aliphatic carbocycles. The number of hydrogen-bond acceptors (Lipinski definition) is 7. The molecule has 116 valence electrons. The van der Waals surface area contributed by atoms with E-state index in [2.05, 4.69) is 30.5 Å². The van der Waals surface area contributed by atoms with Crippen LogP contribution in [-0.2, 0) is 4.74 Å². The first-order valence-electron chi connectivity index (χ1n) is 7.49. The van der Waals surface area contributed by atoms with Crippen molar-refractivity contribution in [1.82, 2.24) is 19.9 Å². The van der Waals surface area contributed by atoms with E-state index in [-0.39, 0.29) is 11.4 Å². The summed E-state index contributed by atoms with van der Waals surface area (Å²) in [6, 6.07) is 0.619. The van der Waals surface area contributed by atoms with E-state index in [4.69, 9.17) is 16.3 Å². The zero-order chi connectivity index (χ0) is 14.7. The van der Waals surface area contributed by atoms with E-state index >= 15 is 0 Å². The lowest BCUT2D eigenvalue weighted by Gasteiger charge is -2.35. The van der Waals surface area contributed by atoms with E-state index < -0.39 is 0 Å². The zero-order valence-electron chi connectivity index (χ0n) is 12.2. The van der Waals surface area contributed by atoms with Gasteiger partial charge in [-0.15, -0.1) is 0 Å². The lowest BCUT2D eigenvalue weighted by Crippen LogP contribution is -2.48. The molecule has 0 aromatic carbocycles. The smallest absolute Gasteiger partial charge is 0.228 e. The molecule has 3 rings (SSSR count). The van der Waals surface area contributed by atoms with E-state index in [1.165, 1.54) is 19.4 Å². The van der Waals surface area contributed by atoms with Crippen molar-refractivity contribution >= 4 is 23.5 Å². The maximum absolute atomic E-state index is 5.90. The third-order valence-corrected chi connectivity index (χ3v) is 4.06. The third-order valence-electron chi connectivity index (χ3n) is 3.89. The number of nitrogens with zero attached hydrogens (tertiary/aromatic N) is 4. The normalized spacial score (nSPS) is 25.6. The predicted molar refractivity (Wildman–Crippen MR) is 81.8 cm³/mol. The van der Waals surface area contributed by atoms with Crippen LogP contribution in [0.3, 0.4) is 0 Å². The fourth-order valence-electron chi connectivity index (χ4n) is 2.88. The fourth-order valence-corrected chi connectivity index (χ4v) is 3.04. The molecule has 21 heavy (non-hydrogen) atoms. The zero-order valence-corrected chi connectivity index (χ0v) is 12.9. The highest BCUT2D eigenvalue weighted by molar-refractivity contribution is 6.28. The molecule has 2 saturated heterocycles. The van der Waals surface area contributed by atoms with Crippen LogP contribution in [0.2, 0.25) is 5.28 Å². The molecule has 2 unspecified atom stereocenters. The summed E-state index contributed by atoms with van der Waals surface area (Å²) in [5, 5.41) is 6.41. The van der Waals surface area contributed by atoms with Crippen molar-refractivity contribution in [2.45, 2.75) is 31.9 Å². The standard InChI is InChI=1S/C13H21ClN6O/c1-2-15-12-17-11(14)18-13(19-12)16-6-10-7-20-5-3-4-9(20)8-21-10/h9-10H,2-8H2,1H3,(H2,15,16,17,18,19). The van der Waals surface area contributed by atoms with Crippen LogP contribution in [0.4, 0.5) is 11.9 Å². The van der Waals surface area contributed by atoms with Crippen molar-refractivity contribution in [3.8, 4) is 0 Å². The molecule has 2 N–H and O–H groups in total. The molecule has 2 aliphatic rings. The van der Waals surface area contributed by atoms with E-state index in [0.717, 1.165) is 19.7 Å². The Hall–Kier alpha value is -1.18. The van der Waals surface area contributed by atoms with Crippen molar-refractivity contribution in [2.24, 2.45) is 0 Å². The maximum atomic E-state index is 5.90. The van der Waals surface area contributed by atoms with E-state index in [0.29, 0.717) is 24.5 Å². The van der Waals surface area contributed by atoms with Gasteiger partial charge in [0.2, 0.25) is 17.2 Å². The van der Waals surface area contributed by atoms with Gasteiger partial charge in [0.05, 0.1) is 12.7 Å². The van der Waals surface area contributed by atoms with Gasteiger partial charge < -0.3 is 15.4 Å². The van der Waals surface area contributed by atoms with Crippen molar-refractivity contribution in [3.63, 3.8) is 0 Å². The number of halogens is 1. The molecule has 1 aromatic rings. The van der Waals surface area contributed by atoms with Gasteiger partial charge in [-0.05, 0) is 37.9 Å². The second-order valence-corrected chi connectivity index (χ2v) is 5.75. The van der Waals surface area contributed by atoms with Gasteiger partial charge in [-0.25, -0.2) is 0 Å². The monoisotopic (exact) mass is 312 g/mol. The Labute approximate surface area is 129 Å². The minimum atomic E-state index is 0.164. The summed E-state index contributed by atoms with van der Waals surface area (Å²) in [7, 11) is 0. The lowest BCUT2D eigenvalue weighted by molar-refractivity contribution is -0.0416. The molecule has 0 spiro atoms. The van der Waals surface area contributed by atoms with Gasteiger partial charge in [-0.2, -0.15) is 15.0 Å². The molecule has 8 heteroatoms. The average molecular weight is 313 g/mol. The van der Waals surface area contributed by atoms with Gasteiger partial charge in [-0.1, -0.05) is 0 Å². The van der Waals surface area contributed by atoms with Crippen molar-refractivity contribution in [2.75, 3.05) is 43.4 Å². The molecule has 0 radical (unpaired) electrons. The van der Waals surface area contributed by atoms with Crippen LogP contribution in [0.1, 0.15) is 19.8 Å². The summed E-state index contributed by atoms with van der Waals surface area (Å²) in [6.45, 7) is 6.38. The van der Waals surface area contributed by atoms with Crippen LogP contribution in [-0.4, -0.2) is 64.8 Å². The molecular weight excluding hydrogens is 292 g/mol. The SMILES string of the molecule is CCNc1nc(Cl)nc(NCC2CN3CCCC3CO2)n1. The van der Waals surface area contributed by atoms with Crippen LogP contribution < -0.4 is 10.6 Å². The molecule has 0 saturated carbocycles. The molecule has 2 aliphatic heterocycles. The number of ether oxygens (including phenoxy) is 1. The van der Waals surface area contributed by atoms with Gasteiger partial charge in [0.15, 0.2) is 0 Å². The summed E-state index contributed by atoms with van der Waals surface area (Å²) in [5.74, 6) is 0.974. The predicted octanol–water partition coefficient (Wildman–Crippen LogP) is 1.23. The first kappa shape index (κ1) is 14.7. The number of nitrogens with one attached hydrogen (secondary N) is 2. The van der Waals surface area contributed by atoms with Crippen LogP contribution in [0, 0.1) is 0 Å². The Morgan fingerprint density at radius 3 is 2.90 bits per heavy atom. The van der Waals surface area contributed by atoms with Crippen molar-refractivity contribution < 1.29 is 4.74 Å². The average Bonchev–Trinajstić information content (AvgIpc) is 2.92. The molecular formula is C13H21ClN6O. The highest BCUT2D eigenvalue weighted by Gasteiger charge is 2.32. The lowest BCUT2D eigenvalue weighted by atomic mass is 10.2. The number of fused-ring (bicyclic) bond motifs is 1. The van der Waals surface area contributed by atoms with E-state index in [9.17, 15) is 0 Å². The summed E-state index contributed by atoms with van der Waals surface area (Å²) in [6.07, 6.45) is 2.70. The van der Waals surface area contributed by atoms with Gasteiger partial charge in [-0.3, -0.25) is 4.90 Å². The molecule has 3 heterocycles. The Morgan fingerprint density at radius 1 is 1.29 bits per heavy atom.